The van der Waals surface area contributed by atoms with E-state index >= 15 is 0 Å². The Morgan fingerprint density at radius 3 is 2.62 bits per heavy atom. The maximum atomic E-state index is 12.1. The molecule has 3 nitrogen and oxygen atoms in total. The van der Waals surface area contributed by atoms with Gasteiger partial charge in [-0.1, -0.05) is 27.2 Å². The van der Waals surface area contributed by atoms with Crippen LogP contribution in [0.15, 0.2) is 0 Å². The van der Waals surface area contributed by atoms with Crippen molar-refractivity contribution in [1.82, 2.24) is 10.6 Å². The van der Waals surface area contributed by atoms with Crippen molar-refractivity contribution in [2.45, 2.75) is 58.5 Å². The lowest BCUT2D eigenvalue weighted by molar-refractivity contribution is -0.124. The summed E-state index contributed by atoms with van der Waals surface area (Å²) in [4.78, 5) is 12.1. The molecule has 16 heavy (non-hydrogen) atoms. The molecule has 0 spiro atoms. The first-order chi connectivity index (χ1) is 7.50. The third kappa shape index (κ3) is 2.24. The summed E-state index contributed by atoms with van der Waals surface area (Å²) in [5.41, 5.74) is 0.275. The van der Waals surface area contributed by atoms with Crippen molar-refractivity contribution in [3.05, 3.63) is 0 Å². The number of carbonyl (C=O) groups excluding carboxylic acids is 1. The van der Waals surface area contributed by atoms with Crippen LogP contribution in [0.1, 0.15) is 46.5 Å². The lowest BCUT2D eigenvalue weighted by Crippen LogP contribution is -2.50. The van der Waals surface area contributed by atoms with Gasteiger partial charge in [-0.05, 0) is 37.1 Å². The summed E-state index contributed by atoms with van der Waals surface area (Å²) in [6, 6.07) is 0.408. The Bertz CT molecular complexity index is 275. The molecule has 0 aromatic carbocycles. The number of amides is 1. The lowest BCUT2D eigenvalue weighted by atomic mass is 9.87. The standard InChI is InChI=1S/C13H24N2O/c1-9-6-8-14-11(9)12(16)15-10-5-4-7-13(10,2)3/h9-11,14H,4-8H2,1-3H3,(H,15,16). The predicted octanol–water partition coefficient (Wildman–Crippen LogP) is 1.68. The molecule has 92 valence electrons. The van der Waals surface area contributed by atoms with E-state index in [-0.39, 0.29) is 17.4 Å². The molecule has 1 saturated heterocycles. The van der Waals surface area contributed by atoms with E-state index in [0.29, 0.717) is 12.0 Å². The monoisotopic (exact) mass is 224 g/mol. The summed E-state index contributed by atoms with van der Waals surface area (Å²) >= 11 is 0. The van der Waals surface area contributed by atoms with Gasteiger partial charge in [-0.2, -0.15) is 0 Å². The van der Waals surface area contributed by atoms with E-state index in [1.165, 1.54) is 12.8 Å². The predicted molar refractivity (Wildman–Crippen MR) is 65.1 cm³/mol. The lowest BCUT2D eigenvalue weighted by Gasteiger charge is -2.29. The zero-order valence-electron chi connectivity index (χ0n) is 10.7. The number of rotatable bonds is 2. The van der Waals surface area contributed by atoms with E-state index in [2.05, 4.69) is 31.4 Å². The van der Waals surface area contributed by atoms with Crippen molar-refractivity contribution in [2.24, 2.45) is 11.3 Å². The van der Waals surface area contributed by atoms with Gasteiger partial charge in [0.05, 0.1) is 6.04 Å². The van der Waals surface area contributed by atoms with Gasteiger partial charge < -0.3 is 10.6 Å². The van der Waals surface area contributed by atoms with Crippen LogP contribution in [0, 0.1) is 11.3 Å². The second kappa shape index (κ2) is 4.36. The Morgan fingerprint density at radius 2 is 2.12 bits per heavy atom. The van der Waals surface area contributed by atoms with E-state index < -0.39 is 0 Å². The first-order valence-corrected chi connectivity index (χ1v) is 6.54. The summed E-state index contributed by atoms with van der Waals surface area (Å²) in [5.74, 6) is 0.689. The first-order valence-electron chi connectivity index (χ1n) is 6.54. The average molecular weight is 224 g/mol. The maximum absolute atomic E-state index is 12.1. The van der Waals surface area contributed by atoms with Gasteiger partial charge in [0.2, 0.25) is 5.91 Å². The van der Waals surface area contributed by atoms with Gasteiger partial charge in [-0.15, -0.1) is 0 Å². The van der Waals surface area contributed by atoms with Crippen LogP contribution in [0.5, 0.6) is 0 Å². The Hall–Kier alpha value is -0.570. The maximum Gasteiger partial charge on any atom is 0.237 e. The van der Waals surface area contributed by atoms with Gasteiger partial charge >= 0.3 is 0 Å². The number of carbonyl (C=O) groups is 1. The second-order valence-electron chi connectivity index (χ2n) is 6.14. The molecular weight excluding hydrogens is 200 g/mol. The Morgan fingerprint density at radius 1 is 1.38 bits per heavy atom. The van der Waals surface area contributed by atoms with Crippen LogP contribution in [0.3, 0.4) is 0 Å². The van der Waals surface area contributed by atoms with Crippen LogP contribution in [0.2, 0.25) is 0 Å². The zero-order valence-corrected chi connectivity index (χ0v) is 10.7. The van der Waals surface area contributed by atoms with Crippen molar-refractivity contribution >= 4 is 5.91 Å². The van der Waals surface area contributed by atoms with Gasteiger partial charge in [0.1, 0.15) is 0 Å². The van der Waals surface area contributed by atoms with Gasteiger partial charge in [0.25, 0.3) is 0 Å². The molecule has 1 aliphatic heterocycles. The smallest absolute Gasteiger partial charge is 0.237 e. The fourth-order valence-electron chi connectivity index (χ4n) is 3.04. The molecule has 2 aliphatic rings. The van der Waals surface area contributed by atoms with Gasteiger partial charge in [-0.25, -0.2) is 0 Å². The zero-order chi connectivity index (χ0) is 11.8. The third-order valence-corrected chi connectivity index (χ3v) is 4.39. The van der Waals surface area contributed by atoms with Crippen LogP contribution in [0.4, 0.5) is 0 Å². The van der Waals surface area contributed by atoms with Gasteiger partial charge in [0.15, 0.2) is 0 Å². The minimum Gasteiger partial charge on any atom is -0.351 e. The molecule has 0 aromatic rings. The van der Waals surface area contributed by atoms with E-state index in [4.69, 9.17) is 0 Å². The SMILES string of the molecule is CC1CCNC1C(=O)NC1CCCC1(C)C. The molecule has 1 heterocycles. The van der Waals surface area contributed by atoms with E-state index in [0.717, 1.165) is 19.4 Å². The molecule has 1 amide bonds. The molecule has 0 aromatic heterocycles. The molecule has 3 unspecified atom stereocenters. The minimum absolute atomic E-state index is 0.0383. The average Bonchev–Trinajstić information content (AvgIpc) is 2.74. The van der Waals surface area contributed by atoms with E-state index in [9.17, 15) is 4.79 Å². The Balaban J connectivity index is 1.92. The summed E-state index contributed by atoms with van der Waals surface area (Å²) in [5, 5.41) is 6.54. The van der Waals surface area contributed by atoms with E-state index in [1.54, 1.807) is 0 Å². The second-order valence-corrected chi connectivity index (χ2v) is 6.14. The molecule has 1 aliphatic carbocycles. The Kier molecular flexibility index (Phi) is 3.24. The summed E-state index contributed by atoms with van der Waals surface area (Å²) in [6.45, 7) is 7.66. The molecule has 2 N–H and O–H groups in total. The number of nitrogens with one attached hydrogen (secondary N) is 2. The van der Waals surface area contributed by atoms with Crippen molar-refractivity contribution in [3.63, 3.8) is 0 Å². The summed E-state index contributed by atoms with van der Waals surface area (Å²) in [6.07, 6.45) is 4.73. The van der Waals surface area contributed by atoms with Gasteiger partial charge in [-0.3, -0.25) is 4.79 Å². The largest absolute Gasteiger partial charge is 0.351 e. The molecule has 0 radical (unpaired) electrons. The quantitative estimate of drug-likeness (QED) is 0.749. The highest BCUT2D eigenvalue weighted by molar-refractivity contribution is 5.82. The van der Waals surface area contributed by atoms with Crippen LogP contribution < -0.4 is 10.6 Å². The summed E-state index contributed by atoms with van der Waals surface area (Å²) < 4.78 is 0. The molecule has 2 rings (SSSR count). The molecule has 0 bridgehead atoms. The highest BCUT2D eigenvalue weighted by atomic mass is 16.2. The van der Waals surface area contributed by atoms with Crippen molar-refractivity contribution in [1.29, 1.82) is 0 Å². The highest BCUT2D eigenvalue weighted by Gasteiger charge is 2.38. The van der Waals surface area contributed by atoms with Crippen molar-refractivity contribution in [2.75, 3.05) is 6.54 Å². The van der Waals surface area contributed by atoms with Crippen LogP contribution in [0.25, 0.3) is 0 Å². The molecule has 1 saturated carbocycles. The van der Waals surface area contributed by atoms with Crippen LogP contribution in [-0.2, 0) is 4.79 Å². The van der Waals surface area contributed by atoms with Crippen molar-refractivity contribution < 1.29 is 4.79 Å². The molecule has 3 heteroatoms. The van der Waals surface area contributed by atoms with Crippen molar-refractivity contribution in [3.8, 4) is 0 Å². The van der Waals surface area contributed by atoms with Crippen LogP contribution >= 0.6 is 0 Å². The molecular formula is C13H24N2O. The topological polar surface area (TPSA) is 41.1 Å². The third-order valence-electron chi connectivity index (χ3n) is 4.39. The molecule has 2 fully saturated rings. The minimum atomic E-state index is 0.0383. The fourth-order valence-corrected chi connectivity index (χ4v) is 3.04. The number of hydrogen-bond acceptors (Lipinski definition) is 2. The Labute approximate surface area is 98.4 Å². The number of hydrogen-bond donors (Lipinski definition) is 2. The van der Waals surface area contributed by atoms with Crippen LogP contribution in [-0.4, -0.2) is 24.5 Å². The summed E-state index contributed by atoms with van der Waals surface area (Å²) in [7, 11) is 0. The first kappa shape index (κ1) is 11.9. The highest BCUT2D eigenvalue weighted by Crippen LogP contribution is 2.37. The van der Waals surface area contributed by atoms with E-state index in [1.807, 2.05) is 0 Å². The normalized spacial score (nSPS) is 37.6. The fraction of sp³-hybridized carbons (Fsp3) is 0.923. The molecule has 3 atom stereocenters. The van der Waals surface area contributed by atoms with Gasteiger partial charge in [0, 0.05) is 6.04 Å².